The largest absolute Gasteiger partial charge is 0.468 e. The maximum atomic E-state index is 12.6. The summed E-state index contributed by atoms with van der Waals surface area (Å²) in [5, 5.41) is 3.99. The Kier molecular flexibility index (Phi) is 5.55. The number of carbonyl (C=O) groups excluding carboxylic acids is 1. The van der Waals surface area contributed by atoms with Crippen LogP contribution in [0, 0.1) is 12.8 Å². The first-order valence-corrected chi connectivity index (χ1v) is 8.82. The molecule has 0 aliphatic carbocycles. The number of methoxy groups -OCH3 is 1. The number of esters is 1. The third kappa shape index (κ3) is 3.44. The molecule has 2 atom stereocenters. The number of likely N-dealkylation sites (tertiary alicyclic amines) is 1. The van der Waals surface area contributed by atoms with Crippen molar-refractivity contribution in [2.45, 2.75) is 39.5 Å². The van der Waals surface area contributed by atoms with Crippen LogP contribution in [0.15, 0.2) is 16.1 Å². The van der Waals surface area contributed by atoms with Gasteiger partial charge in [-0.15, -0.1) is 0 Å². The number of oxime groups is 1. The summed E-state index contributed by atoms with van der Waals surface area (Å²) in [4.78, 5) is 36.8. The van der Waals surface area contributed by atoms with Crippen LogP contribution >= 0.6 is 0 Å². The first kappa shape index (κ1) is 18.4. The number of ether oxygens (including phenoxy) is 2. The van der Waals surface area contributed by atoms with Crippen LogP contribution < -0.4 is 10.3 Å². The van der Waals surface area contributed by atoms with Crippen LogP contribution in [0.1, 0.15) is 25.3 Å². The van der Waals surface area contributed by atoms with E-state index < -0.39 is 18.1 Å². The molecular weight excluding hydrogens is 340 g/mol. The summed E-state index contributed by atoms with van der Waals surface area (Å²) in [6, 6.07) is 0.191. The normalized spacial score (nSPS) is 22.8. The van der Waals surface area contributed by atoms with E-state index in [1.807, 2.05) is 0 Å². The van der Waals surface area contributed by atoms with Gasteiger partial charge in [-0.2, -0.15) is 0 Å². The molecule has 2 aliphatic heterocycles. The highest BCUT2D eigenvalue weighted by Crippen LogP contribution is 2.28. The average Bonchev–Trinajstić information content (AvgIpc) is 3.29. The van der Waals surface area contributed by atoms with Crippen LogP contribution in [0.4, 0.5) is 0 Å². The molecule has 1 aromatic rings. The summed E-state index contributed by atoms with van der Waals surface area (Å²) in [5.41, 5.74) is 0.475. The molecule has 0 saturated carbocycles. The maximum absolute atomic E-state index is 12.6. The van der Waals surface area contributed by atoms with Gasteiger partial charge in [0.05, 0.1) is 19.6 Å². The summed E-state index contributed by atoms with van der Waals surface area (Å²) < 4.78 is 11.8. The lowest BCUT2D eigenvalue weighted by atomic mass is 10.0. The molecule has 9 heteroatoms. The third-order valence-corrected chi connectivity index (χ3v) is 4.68. The standard InChI is InChI=1S/C17H24N4O5/c1-4-25-16(23)13-12(15(26-19-13)20-7-5-6-8-20)10-21-14(22)11(2)9-18-17(21)24-3/h9,12,15H,4-8,10H2,1-3H3. The van der Waals surface area contributed by atoms with E-state index in [2.05, 4.69) is 15.0 Å². The second kappa shape index (κ2) is 7.86. The molecule has 142 valence electrons. The van der Waals surface area contributed by atoms with E-state index in [9.17, 15) is 9.59 Å². The number of nitrogens with zero attached hydrogens (tertiary/aromatic N) is 4. The molecule has 0 spiro atoms. The zero-order valence-electron chi connectivity index (χ0n) is 15.3. The van der Waals surface area contributed by atoms with E-state index in [1.165, 1.54) is 17.9 Å². The van der Waals surface area contributed by atoms with Crippen molar-refractivity contribution in [3.8, 4) is 6.01 Å². The van der Waals surface area contributed by atoms with Crippen molar-refractivity contribution in [3.05, 3.63) is 22.1 Å². The first-order chi connectivity index (χ1) is 12.6. The monoisotopic (exact) mass is 364 g/mol. The minimum atomic E-state index is -0.521. The molecule has 0 N–H and O–H groups in total. The molecule has 0 amide bonds. The van der Waals surface area contributed by atoms with Gasteiger partial charge in [0.2, 0.25) is 0 Å². The van der Waals surface area contributed by atoms with Gasteiger partial charge in [0.25, 0.3) is 11.6 Å². The predicted octanol–water partition coefficient (Wildman–Crippen LogP) is 0.548. The molecular formula is C17H24N4O5. The van der Waals surface area contributed by atoms with E-state index in [0.29, 0.717) is 5.56 Å². The van der Waals surface area contributed by atoms with Gasteiger partial charge in [-0.05, 0) is 26.7 Å². The van der Waals surface area contributed by atoms with E-state index in [0.717, 1.165) is 25.9 Å². The second-order valence-corrected chi connectivity index (χ2v) is 6.39. The van der Waals surface area contributed by atoms with Crippen molar-refractivity contribution >= 4 is 11.7 Å². The quantitative estimate of drug-likeness (QED) is 0.680. The van der Waals surface area contributed by atoms with Crippen LogP contribution in [0.5, 0.6) is 6.01 Å². The number of aromatic nitrogens is 2. The number of aryl methyl sites for hydroxylation is 1. The topological polar surface area (TPSA) is 95.2 Å². The average molecular weight is 364 g/mol. The van der Waals surface area contributed by atoms with E-state index in [4.69, 9.17) is 14.3 Å². The fourth-order valence-corrected chi connectivity index (χ4v) is 3.37. The maximum Gasteiger partial charge on any atom is 0.356 e. The van der Waals surface area contributed by atoms with E-state index in [-0.39, 0.29) is 30.4 Å². The molecule has 3 heterocycles. The zero-order valence-corrected chi connectivity index (χ0v) is 15.3. The Morgan fingerprint density at radius 3 is 2.77 bits per heavy atom. The van der Waals surface area contributed by atoms with E-state index in [1.54, 1.807) is 13.8 Å². The molecule has 2 unspecified atom stereocenters. The molecule has 3 rings (SSSR count). The Labute approximate surface area is 151 Å². The van der Waals surface area contributed by atoms with Crippen LogP contribution in [-0.2, 0) is 20.9 Å². The summed E-state index contributed by atoms with van der Waals surface area (Å²) >= 11 is 0. The summed E-state index contributed by atoms with van der Waals surface area (Å²) in [6.07, 6.45) is 3.20. The zero-order chi connectivity index (χ0) is 18.7. The molecule has 1 fully saturated rings. The van der Waals surface area contributed by atoms with Gasteiger partial charge < -0.3 is 14.3 Å². The predicted molar refractivity (Wildman–Crippen MR) is 93.0 cm³/mol. The molecule has 1 saturated heterocycles. The number of hydrogen-bond donors (Lipinski definition) is 0. The van der Waals surface area contributed by atoms with Crippen LogP contribution in [-0.4, -0.2) is 59.2 Å². The third-order valence-electron chi connectivity index (χ3n) is 4.68. The minimum Gasteiger partial charge on any atom is -0.468 e. The van der Waals surface area contributed by atoms with E-state index >= 15 is 0 Å². The summed E-state index contributed by atoms with van der Waals surface area (Å²) in [5.74, 6) is -0.964. The van der Waals surface area contributed by atoms with Crippen molar-refractivity contribution in [2.24, 2.45) is 11.1 Å². The highest BCUT2D eigenvalue weighted by molar-refractivity contribution is 6.37. The number of hydrogen-bond acceptors (Lipinski definition) is 8. The molecule has 1 aromatic heterocycles. The fraction of sp³-hybridized carbons (Fsp3) is 0.647. The Bertz CT molecular complexity index is 754. The Morgan fingerprint density at radius 1 is 1.38 bits per heavy atom. The lowest BCUT2D eigenvalue weighted by Crippen LogP contribution is -2.44. The molecule has 2 aliphatic rings. The van der Waals surface area contributed by atoms with Gasteiger partial charge in [-0.1, -0.05) is 5.16 Å². The molecule has 26 heavy (non-hydrogen) atoms. The van der Waals surface area contributed by atoms with Crippen LogP contribution in [0.3, 0.4) is 0 Å². The molecule has 0 radical (unpaired) electrons. The molecule has 0 aromatic carbocycles. The highest BCUT2D eigenvalue weighted by Gasteiger charge is 2.43. The summed E-state index contributed by atoms with van der Waals surface area (Å²) in [7, 11) is 1.46. The fourth-order valence-electron chi connectivity index (χ4n) is 3.37. The smallest absolute Gasteiger partial charge is 0.356 e. The van der Waals surface area contributed by atoms with Gasteiger partial charge in [0.15, 0.2) is 11.9 Å². The van der Waals surface area contributed by atoms with Crippen molar-refractivity contribution < 1.29 is 19.1 Å². The van der Waals surface area contributed by atoms with Crippen molar-refractivity contribution in [2.75, 3.05) is 26.8 Å². The van der Waals surface area contributed by atoms with Crippen molar-refractivity contribution in [1.29, 1.82) is 0 Å². The SMILES string of the molecule is CCOC(=O)C1=NOC(N2CCCC2)C1Cn1c(OC)ncc(C)c1=O. The Balaban J connectivity index is 1.94. The second-order valence-electron chi connectivity index (χ2n) is 6.39. The van der Waals surface area contributed by atoms with Crippen LogP contribution in [0.25, 0.3) is 0 Å². The lowest BCUT2D eigenvalue weighted by Gasteiger charge is -2.27. The lowest BCUT2D eigenvalue weighted by molar-refractivity contribution is -0.135. The molecule has 9 nitrogen and oxygen atoms in total. The number of rotatable bonds is 6. The Hall–Kier alpha value is -2.42. The number of carbonyl (C=O) groups is 1. The summed E-state index contributed by atoms with van der Waals surface area (Å²) in [6.45, 7) is 5.58. The first-order valence-electron chi connectivity index (χ1n) is 8.82. The van der Waals surface area contributed by atoms with Crippen LogP contribution in [0.2, 0.25) is 0 Å². The Morgan fingerprint density at radius 2 is 2.12 bits per heavy atom. The van der Waals surface area contributed by atoms with Gasteiger partial charge in [0, 0.05) is 31.4 Å². The highest BCUT2D eigenvalue weighted by atomic mass is 16.7. The van der Waals surface area contributed by atoms with Crippen molar-refractivity contribution in [1.82, 2.24) is 14.5 Å². The van der Waals surface area contributed by atoms with Gasteiger partial charge in [-0.3, -0.25) is 14.3 Å². The van der Waals surface area contributed by atoms with Gasteiger partial charge in [-0.25, -0.2) is 9.78 Å². The minimum absolute atomic E-state index is 0.176. The molecule has 0 bridgehead atoms. The van der Waals surface area contributed by atoms with Gasteiger partial charge >= 0.3 is 5.97 Å². The van der Waals surface area contributed by atoms with Gasteiger partial charge in [0.1, 0.15) is 0 Å². The van der Waals surface area contributed by atoms with Crippen molar-refractivity contribution in [3.63, 3.8) is 0 Å².